The number of imidazole rings is 1. The molecule has 156 valence electrons. The number of benzene rings is 2. The van der Waals surface area contributed by atoms with Gasteiger partial charge in [0.25, 0.3) is 0 Å². The number of fused-ring (bicyclic) bond motifs is 2. The van der Waals surface area contributed by atoms with Crippen LogP contribution in [0, 0.1) is 0 Å². The van der Waals surface area contributed by atoms with Gasteiger partial charge in [-0.2, -0.15) is 13.2 Å². The number of para-hydroxylation sites is 1. The van der Waals surface area contributed by atoms with Gasteiger partial charge < -0.3 is 4.57 Å². The van der Waals surface area contributed by atoms with Crippen molar-refractivity contribution in [2.75, 3.05) is 4.90 Å². The van der Waals surface area contributed by atoms with E-state index in [0.717, 1.165) is 17.0 Å². The molecule has 0 atom stereocenters. The summed E-state index contributed by atoms with van der Waals surface area (Å²) < 4.78 is 67.5. The van der Waals surface area contributed by atoms with Gasteiger partial charge in [-0.1, -0.05) is 12.1 Å². The smallest absolute Gasteiger partial charge is 0.337 e. The SMILES string of the molecule is O=C(CCCn1ccnc1)N1c2ccccc2S(=O)(=O)c2ccc(C(F)(F)F)cc21. The maximum absolute atomic E-state index is 13.3. The predicted molar refractivity (Wildman–Crippen MR) is 102 cm³/mol. The zero-order valence-corrected chi connectivity index (χ0v) is 16.3. The molecule has 1 aliphatic heterocycles. The van der Waals surface area contributed by atoms with Crippen molar-refractivity contribution in [3.63, 3.8) is 0 Å². The van der Waals surface area contributed by atoms with Gasteiger partial charge in [0.1, 0.15) is 0 Å². The van der Waals surface area contributed by atoms with Crippen molar-refractivity contribution in [3.8, 4) is 0 Å². The number of carbonyl (C=O) groups is 1. The Balaban J connectivity index is 1.76. The summed E-state index contributed by atoms with van der Waals surface area (Å²) in [5.41, 5.74) is -1.25. The van der Waals surface area contributed by atoms with Crippen molar-refractivity contribution < 1.29 is 26.4 Å². The van der Waals surface area contributed by atoms with Gasteiger partial charge in [0.15, 0.2) is 0 Å². The topological polar surface area (TPSA) is 72.3 Å². The minimum Gasteiger partial charge on any atom is -0.337 e. The number of nitrogens with zero attached hydrogens (tertiary/aromatic N) is 3. The maximum Gasteiger partial charge on any atom is 0.416 e. The molecular formula is C20H16F3N3O3S. The van der Waals surface area contributed by atoms with Crippen LogP contribution in [-0.4, -0.2) is 23.9 Å². The number of amides is 1. The number of aromatic nitrogens is 2. The highest BCUT2D eigenvalue weighted by molar-refractivity contribution is 7.92. The van der Waals surface area contributed by atoms with E-state index in [4.69, 9.17) is 0 Å². The lowest BCUT2D eigenvalue weighted by molar-refractivity contribution is -0.137. The third kappa shape index (κ3) is 3.47. The summed E-state index contributed by atoms with van der Waals surface area (Å²) >= 11 is 0. The second-order valence-electron chi connectivity index (χ2n) is 6.78. The summed E-state index contributed by atoms with van der Waals surface area (Å²) in [5, 5.41) is 0. The molecule has 2 heterocycles. The van der Waals surface area contributed by atoms with E-state index in [9.17, 15) is 26.4 Å². The van der Waals surface area contributed by atoms with Gasteiger partial charge in [0.05, 0.1) is 33.1 Å². The van der Waals surface area contributed by atoms with Crippen molar-refractivity contribution in [2.45, 2.75) is 35.4 Å². The van der Waals surface area contributed by atoms with Gasteiger partial charge in [0, 0.05) is 25.4 Å². The Kier molecular flexibility index (Phi) is 4.89. The number of rotatable bonds is 4. The number of hydrogen-bond donors (Lipinski definition) is 0. The number of halogens is 3. The molecule has 0 unspecified atom stereocenters. The summed E-state index contributed by atoms with van der Waals surface area (Å²) in [6.45, 7) is 0.495. The molecular weight excluding hydrogens is 419 g/mol. The zero-order chi connectivity index (χ0) is 21.5. The molecule has 0 saturated carbocycles. The Morgan fingerprint density at radius 3 is 2.47 bits per heavy atom. The van der Waals surface area contributed by atoms with E-state index in [0.29, 0.717) is 19.0 Å². The quantitative estimate of drug-likeness (QED) is 0.616. The monoisotopic (exact) mass is 435 g/mol. The summed E-state index contributed by atoms with van der Waals surface area (Å²) in [6.07, 6.45) is 0.682. The molecule has 4 rings (SSSR count). The lowest BCUT2D eigenvalue weighted by Gasteiger charge is -2.32. The molecule has 0 bridgehead atoms. The molecule has 0 aliphatic carbocycles. The van der Waals surface area contributed by atoms with Crippen molar-refractivity contribution in [2.24, 2.45) is 0 Å². The summed E-state index contributed by atoms with van der Waals surface area (Å²) in [6, 6.07) is 8.16. The van der Waals surface area contributed by atoms with E-state index in [-0.39, 0.29) is 27.6 Å². The molecule has 0 spiro atoms. The fourth-order valence-corrected chi connectivity index (χ4v) is 5.03. The van der Waals surface area contributed by atoms with Gasteiger partial charge >= 0.3 is 6.18 Å². The van der Waals surface area contributed by atoms with Gasteiger partial charge in [-0.3, -0.25) is 9.69 Å². The normalized spacial score (nSPS) is 14.8. The van der Waals surface area contributed by atoms with Crippen molar-refractivity contribution in [3.05, 3.63) is 66.7 Å². The Morgan fingerprint density at radius 1 is 1.03 bits per heavy atom. The molecule has 6 nitrogen and oxygen atoms in total. The lowest BCUT2D eigenvalue weighted by Crippen LogP contribution is -2.32. The number of carbonyl (C=O) groups excluding carboxylic acids is 1. The summed E-state index contributed by atoms with van der Waals surface area (Å²) in [4.78, 5) is 17.6. The summed E-state index contributed by atoms with van der Waals surface area (Å²) in [5.74, 6) is -0.488. The van der Waals surface area contributed by atoms with Crippen LogP contribution in [0.25, 0.3) is 0 Å². The molecule has 0 saturated heterocycles. The van der Waals surface area contributed by atoms with E-state index >= 15 is 0 Å². The molecule has 1 aliphatic rings. The van der Waals surface area contributed by atoms with Crippen LogP contribution in [0.3, 0.4) is 0 Å². The fraction of sp³-hybridized carbons (Fsp3) is 0.200. The van der Waals surface area contributed by atoms with E-state index in [1.54, 1.807) is 29.4 Å². The number of alkyl halides is 3. The first-order valence-corrected chi connectivity index (χ1v) is 10.5. The first kappa shape index (κ1) is 20.1. The molecule has 0 fully saturated rings. The second kappa shape index (κ2) is 7.28. The maximum atomic E-state index is 13.3. The highest BCUT2D eigenvalue weighted by Crippen LogP contribution is 2.46. The van der Waals surface area contributed by atoms with Crippen LogP contribution in [-0.2, 0) is 27.4 Å². The van der Waals surface area contributed by atoms with Crippen LogP contribution < -0.4 is 4.90 Å². The van der Waals surface area contributed by atoms with Crippen LogP contribution in [0.5, 0.6) is 0 Å². The third-order valence-corrected chi connectivity index (χ3v) is 6.68. The largest absolute Gasteiger partial charge is 0.416 e. The van der Waals surface area contributed by atoms with Crippen LogP contribution in [0.1, 0.15) is 18.4 Å². The van der Waals surface area contributed by atoms with Crippen molar-refractivity contribution in [1.82, 2.24) is 9.55 Å². The van der Waals surface area contributed by atoms with Crippen LogP contribution in [0.4, 0.5) is 24.5 Å². The Hall–Kier alpha value is -3.14. The molecule has 30 heavy (non-hydrogen) atoms. The minimum absolute atomic E-state index is 0.0161. The summed E-state index contributed by atoms with van der Waals surface area (Å²) in [7, 11) is -4.06. The van der Waals surface area contributed by atoms with E-state index in [2.05, 4.69) is 4.98 Å². The van der Waals surface area contributed by atoms with E-state index in [1.807, 2.05) is 0 Å². The van der Waals surface area contributed by atoms with Gasteiger partial charge in [0.2, 0.25) is 15.7 Å². The molecule has 2 aromatic carbocycles. The van der Waals surface area contributed by atoms with Gasteiger partial charge in [-0.15, -0.1) is 0 Å². The van der Waals surface area contributed by atoms with Crippen LogP contribution in [0.2, 0.25) is 0 Å². The average molecular weight is 435 g/mol. The number of anilines is 2. The zero-order valence-electron chi connectivity index (χ0n) is 15.5. The Bertz CT molecular complexity index is 1210. The van der Waals surface area contributed by atoms with E-state index < -0.39 is 27.5 Å². The van der Waals surface area contributed by atoms with Crippen LogP contribution >= 0.6 is 0 Å². The third-order valence-electron chi connectivity index (χ3n) is 4.83. The molecule has 0 radical (unpaired) electrons. The Morgan fingerprint density at radius 2 is 1.77 bits per heavy atom. The fourth-order valence-electron chi connectivity index (χ4n) is 3.43. The minimum atomic E-state index is -4.67. The number of aryl methyl sites for hydroxylation is 1. The van der Waals surface area contributed by atoms with Crippen molar-refractivity contribution in [1.29, 1.82) is 0 Å². The van der Waals surface area contributed by atoms with Crippen LogP contribution in [0.15, 0.2) is 71.0 Å². The molecule has 1 amide bonds. The van der Waals surface area contributed by atoms with Crippen molar-refractivity contribution >= 4 is 27.1 Å². The first-order chi connectivity index (χ1) is 14.2. The van der Waals surface area contributed by atoms with Gasteiger partial charge in [-0.05, 0) is 36.8 Å². The molecule has 3 aromatic rings. The predicted octanol–water partition coefficient (Wildman–Crippen LogP) is 4.19. The lowest BCUT2D eigenvalue weighted by atomic mass is 10.1. The number of hydrogen-bond acceptors (Lipinski definition) is 4. The first-order valence-electron chi connectivity index (χ1n) is 9.03. The highest BCUT2D eigenvalue weighted by Gasteiger charge is 2.39. The standard InChI is InChI=1S/C20H16F3N3O3S/c21-20(22,23)14-7-8-18-16(12-14)26(15-4-1-2-5-17(15)30(18,28)29)19(27)6-3-10-25-11-9-24-13-25/h1-2,4-5,7-9,11-13H,3,6,10H2. The Labute approximate surface area is 170 Å². The highest BCUT2D eigenvalue weighted by atomic mass is 32.2. The van der Waals surface area contributed by atoms with Gasteiger partial charge in [-0.25, -0.2) is 13.4 Å². The average Bonchev–Trinajstić information content (AvgIpc) is 3.21. The molecule has 1 aromatic heterocycles. The van der Waals surface area contributed by atoms with E-state index in [1.165, 1.54) is 18.2 Å². The molecule has 10 heteroatoms. The molecule has 0 N–H and O–H groups in total. The number of sulfone groups is 1. The second-order valence-corrected chi connectivity index (χ2v) is 8.67.